The first kappa shape index (κ1) is 14.2. The Bertz CT molecular complexity index is 784. The molecule has 3 rings (SSSR count). The molecular formula is C14H13N5O2S. The van der Waals surface area contributed by atoms with Crippen molar-refractivity contribution < 1.29 is 9.21 Å². The highest BCUT2D eigenvalue weighted by Gasteiger charge is 2.18. The van der Waals surface area contributed by atoms with Crippen LogP contribution in [0.15, 0.2) is 34.4 Å². The Hall–Kier alpha value is -2.74. The molecular weight excluding hydrogens is 302 g/mol. The zero-order valence-corrected chi connectivity index (χ0v) is 12.6. The summed E-state index contributed by atoms with van der Waals surface area (Å²) in [7, 11) is 0. The maximum absolute atomic E-state index is 12.2. The Kier molecular flexibility index (Phi) is 3.84. The zero-order valence-electron chi connectivity index (χ0n) is 11.7. The first-order valence-electron chi connectivity index (χ1n) is 6.49. The van der Waals surface area contributed by atoms with Gasteiger partial charge < -0.3 is 15.5 Å². The zero-order chi connectivity index (χ0) is 15.5. The molecule has 0 aliphatic rings. The molecule has 0 unspecified atom stereocenters. The lowest BCUT2D eigenvalue weighted by Crippen LogP contribution is -2.25. The average molecular weight is 315 g/mol. The molecule has 3 aromatic rings. The second-order valence-electron chi connectivity index (χ2n) is 4.49. The molecule has 22 heavy (non-hydrogen) atoms. The van der Waals surface area contributed by atoms with E-state index in [4.69, 9.17) is 10.2 Å². The molecule has 0 spiro atoms. The molecule has 7 nitrogen and oxygen atoms in total. The highest BCUT2D eigenvalue weighted by Crippen LogP contribution is 2.20. The van der Waals surface area contributed by atoms with E-state index < -0.39 is 0 Å². The van der Waals surface area contributed by atoms with Crippen molar-refractivity contribution in [3.05, 3.63) is 46.2 Å². The van der Waals surface area contributed by atoms with Crippen LogP contribution in [-0.4, -0.2) is 20.9 Å². The van der Waals surface area contributed by atoms with Crippen LogP contribution < -0.4 is 11.1 Å². The number of nitrogens with zero attached hydrogens (tertiary/aromatic N) is 3. The fraction of sp³-hybridized carbons (Fsp3) is 0.143. The summed E-state index contributed by atoms with van der Waals surface area (Å²) in [6.45, 7) is 2.15. The van der Waals surface area contributed by atoms with Crippen LogP contribution >= 0.6 is 11.3 Å². The molecule has 0 aliphatic carbocycles. The van der Waals surface area contributed by atoms with E-state index in [1.54, 1.807) is 18.3 Å². The van der Waals surface area contributed by atoms with Crippen LogP contribution in [0.4, 0.5) is 5.82 Å². The molecule has 1 amide bonds. The Labute approximate surface area is 130 Å². The number of nitrogens with one attached hydrogen (secondary N) is 1. The number of oxazole rings is 1. The van der Waals surface area contributed by atoms with E-state index in [-0.39, 0.29) is 17.4 Å². The van der Waals surface area contributed by atoms with Crippen LogP contribution in [0.5, 0.6) is 0 Å². The number of amides is 1. The second kappa shape index (κ2) is 5.94. The van der Waals surface area contributed by atoms with E-state index in [1.807, 2.05) is 17.5 Å². The smallest absolute Gasteiger partial charge is 0.274 e. The van der Waals surface area contributed by atoms with Crippen molar-refractivity contribution in [1.82, 2.24) is 20.3 Å². The minimum absolute atomic E-state index is 0.0440. The van der Waals surface area contributed by atoms with Crippen LogP contribution in [0.2, 0.25) is 0 Å². The summed E-state index contributed by atoms with van der Waals surface area (Å²) in [5.74, 6) is 0.00479. The van der Waals surface area contributed by atoms with Crippen molar-refractivity contribution in [2.45, 2.75) is 13.5 Å². The minimum Gasteiger partial charge on any atom is -0.443 e. The number of carbonyl (C=O) groups is 1. The van der Waals surface area contributed by atoms with Gasteiger partial charge in [-0.2, -0.15) is 0 Å². The van der Waals surface area contributed by atoms with E-state index >= 15 is 0 Å². The third kappa shape index (κ3) is 2.82. The Morgan fingerprint density at radius 3 is 3.00 bits per heavy atom. The van der Waals surface area contributed by atoms with Gasteiger partial charge in [-0.3, -0.25) is 4.79 Å². The topological polar surface area (TPSA) is 107 Å². The molecule has 0 aromatic carbocycles. The number of nitrogens with two attached hydrogens (primary N) is 1. The van der Waals surface area contributed by atoms with Crippen molar-refractivity contribution in [3.8, 4) is 11.6 Å². The number of hydrogen-bond donors (Lipinski definition) is 2. The van der Waals surface area contributed by atoms with E-state index in [0.717, 1.165) is 4.88 Å². The normalized spacial score (nSPS) is 10.6. The van der Waals surface area contributed by atoms with E-state index in [2.05, 4.69) is 20.3 Å². The lowest BCUT2D eigenvalue weighted by atomic mass is 10.2. The van der Waals surface area contributed by atoms with Crippen molar-refractivity contribution in [2.75, 3.05) is 5.73 Å². The van der Waals surface area contributed by atoms with Crippen LogP contribution in [-0.2, 0) is 6.54 Å². The molecule has 3 heterocycles. The van der Waals surface area contributed by atoms with Crippen molar-refractivity contribution in [2.24, 2.45) is 0 Å². The molecule has 0 bridgehead atoms. The number of nitrogen functional groups attached to an aromatic ring is 1. The van der Waals surface area contributed by atoms with Gasteiger partial charge in [0, 0.05) is 4.88 Å². The van der Waals surface area contributed by atoms with Crippen LogP contribution in [0.3, 0.4) is 0 Å². The van der Waals surface area contributed by atoms with Gasteiger partial charge in [0.25, 0.3) is 5.91 Å². The molecule has 0 radical (unpaired) electrons. The number of anilines is 1. The van der Waals surface area contributed by atoms with E-state index in [0.29, 0.717) is 23.8 Å². The molecule has 0 fully saturated rings. The Balaban J connectivity index is 1.82. The van der Waals surface area contributed by atoms with Gasteiger partial charge in [-0.05, 0) is 18.4 Å². The third-order valence-corrected chi connectivity index (χ3v) is 3.83. The fourth-order valence-electron chi connectivity index (χ4n) is 1.91. The Morgan fingerprint density at radius 1 is 1.45 bits per heavy atom. The molecule has 3 aromatic heterocycles. The summed E-state index contributed by atoms with van der Waals surface area (Å²) in [6, 6.07) is 3.87. The van der Waals surface area contributed by atoms with Crippen molar-refractivity contribution >= 4 is 23.1 Å². The molecule has 112 valence electrons. The second-order valence-corrected chi connectivity index (χ2v) is 5.52. The number of aromatic nitrogens is 3. The maximum Gasteiger partial charge on any atom is 0.274 e. The van der Waals surface area contributed by atoms with Crippen molar-refractivity contribution in [3.63, 3.8) is 0 Å². The van der Waals surface area contributed by atoms with Gasteiger partial charge in [-0.25, -0.2) is 15.0 Å². The standard InChI is InChI=1S/C14H13N5O2S/c1-8-10(14-16-4-5-21-14)19-12(15)11(18-8)13(20)17-7-9-3-2-6-22-9/h2-6H,7H2,1H3,(H2,15,19)(H,17,20). The third-order valence-electron chi connectivity index (χ3n) is 2.95. The molecule has 3 N–H and O–H groups in total. The summed E-state index contributed by atoms with van der Waals surface area (Å²) in [4.78, 5) is 25.7. The SMILES string of the molecule is Cc1nc(C(=O)NCc2cccs2)c(N)nc1-c1ncco1. The predicted molar refractivity (Wildman–Crippen MR) is 82.2 cm³/mol. The lowest BCUT2D eigenvalue weighted by molar-refractivity contribution is 0.0947. The highest BCUT2D eigenvalue weighted by atomic mass is 32.1. The maximum atomic E-state index is 12.2. The number of hydrogen-bond acceptors (Lipinski definition) is 7. The van der Waals surface area contributed by atoms with Crippen LogP contribution in [0.25, 0.3) is 11.6 Å². The quantitative estimate of drug-likeness (QED) is 0.762. The summed E-state index contributed by atoms with van der Waals surface area (Å²) in [5.41, 5.74) is 6.90. The lowest BCUT2D eigenvalue weighted by Gasteiger charge is -2.08. The first-order chi connectivity index (χ1) is 10.6. The summed E-state index contributed by atoms with van der Waals surface area (Å²) >= 11 is 1.57. The van der Waals surface area contributed by atoms with E-state index in [9.17, 15) is 4.79 Å². The molecule has 8 heteroatoms. The number of aryl methyl sites for hydroxylation is 1. The summed E-state index contributed by atoms with van der Waals surface area (Å²) in [5, 5.41) is 4.72. The summed E-state index contributed by atoms with van der Waals surface area (Å²) < 4.78 is 5.18. The van der Waals surface area contributed by atoms with E-state index in [1.165, 1.54) is 12.5 Å². The molecule has 0 aliphatic heterocycles. The van der Waals surface area contributed by atoms with Crippen molar-refractivity contribution in [1.29, 1.82) is 0 Å². The Morgan fingerprint density at radius 2 is 2.32 bits per heavy atom. The van der Waals surface area contributed by atoms with Gasteiger partial charge in [0.05, 0.1) is 18.4 Å². The average Bonchev–Trinajstić information content (AvgIpc) is 3.19. The number of carbonyl (C=O) groups excluding carboxylic acids is 1. The van der Waals surface area contributed by atoms with Gasteiger partial charge in [0.2, 0.25) is 5.89 Å². The first-order valence-corrected chi connectivity index (χ1v) is 7.37. The molecule has 0 atom stereocenters. The number of rotatable bonds is 4. The van der Waals surface area contributed by atoms with Crippen LogP contribution in [0.1, 0.15) is 21.1 Å². The van der Waals surface area contributed by atoms with Gasteiger partial charge in [0.1, 0.15) is 12.0 Å². The molecule has 0 saturated carbocycles. The summed E-state index contributed by atoms with van der Waals surface area (Å²) in [6.07, 6.45) is 2.95. The van der Waals surface area contributed by atoms with Gasteiger partial charge >= 0.3 is 0 Å². The van der Waals surface area contributed by atoms with Gasteiger partial charge in [-0.15, -0.1) is 11.3 Å². The number of thiophene rings is 1. The molecule has 0 saturated heterocycles. The minimum atomic E-state index is -0.361. The monoisotopic (exact) mass is 315 g/mol. The fourth-order valence-corrected chi connectivity index (χ4v) is 2.55. The highest BCUT2D eigenvalue weighted by molar-refractivity contribution is 7.09. The van der Waals surface area contributed by atoms with Crippen LogP contribution in [0, 0.1) is 6.92 Å². The van der Waals surface area contributed by atoms with Gasteiger partial charge in [-0.1, -0.05) is 6.07 Å². The van der Waals surface area contributed by atoms with Gasteiger partial charge in [0.15, 0.2) is 11.5 Å². The largest absolute Gasteiger partial charge is 0.443 e. The predicted octanol–water partition coefficient (Wildman–Crippen LogP) is 2.01.